The maximum absolute atomic E-state index is 13.7. The summed E-state index contributed by atoms with van der Waals surface area (Å²) in [6.07, 6.45) is 6.64. The largest absolute Gasteiger partial charge is 0.353 e. The molecule has 0 unspecified atom stereocenters. The third-order valence-electron chi connectivity index (χ3n) is 8.58. The van der Waals surface area contributed by atoms with Crippen LogP contribution in [0.15, 0.2) is 59.9 Å². The Balaban J connectivity index is 1.17. The van der Waals surface area contributed by atoms with Crippen LogP contribution in [0, 0.1) is 0 Å². The molecule has 2 aliphatic heterocycles. The summed E-state index contributed by atoms with van der Waals surface area (Å²) in [7, 11) is 2.13. The van der Waals surface area contributed by atoms with Gasteiger partial charge in [0.05, 0.1) is 10.9 Å². The van der Waals surface area contributed by atoms with Crippen LogP contribution in [-0.2, 0) is 11.3 Å². The standard InChI is InChI=1S/C30H32ClN9O2/c1-36-13-15-38(16-14-36)28-26-22(21-5-2-3-6-23(21)31)17-39(29(26)34-19-33-28)18-25(41)37-11-8-20(9-12-37)40-24-7-4-10-32-27(24)35-30(40)42/h2-7,10,17,19-20H,8-9,11-16,18H2,1H3,(H,32,35,42). The summed E-state index contributed by atoms with van der Waals surface area (Å²) in [4.78, 5) is 49.3. The Bertz CT molecular complexity index is 1830. The number of aromatic amines is 1. The molecular weight excluding hydrogens is 554 g/mol. The number of pyridine rings is 1. The average Bonchev–Trinajstić information content (AvgIpc) is 3.54. The first-order valence-electron chi connectivity index (χ1n) is 14.3. The van der Waals surface area contributed by atoms with Crippen molar-refractivity contribution in [3.05, 3.63) is 70.6 Å². The highest BCUT2D eigenvalue weighted by atomic mass is 35.5. The first-order valence-corrected chi connectivity index (χ1v) is 14.7. The maximum atomic E-state index is 13.7. The quantitative estimate of drug-likeness (QED) is 0.337. The van der Waals surface area contributed by atoms with E-state index in [1.54, 1.807) is 17.1 Å². The Morgan fingerprint density at radius 2 is 1.76 bits per heavy atom. The Morgan fingerprint density at radius 1 is 0.976 bits per heavy atom. The zero-order valence-electron chi connectivity index (χ0n) is 23.4. The van der Waals surface area contributed by atoms with Crippen molar-refractivity contribution in [3.63, 3.8) is 0 Å². The molecule has 0 bridgehead atoms. The highest BCUT2D eigenvalue weighted by Crippen LogP contribution is 2.38. The predicted molar refractivity (Wildman–Crippen MR) is 163 cm³/mol. The lowest BCUT2D eigenvalue weighted by Crippen LogP contribution is -2.44. The number of rotatable bonds is 5. The number of piperidine rings is 1. The topological polar surface area (TPSA) is 108 Å². The highest BCUT2D eigenvalue weighted by Gasteiger charge is 2.28. The molecular formula is C30H32ClN9O2. The first kappa shape index (κ1) is 26.7. The zero-order valence-corrected chi connectivity index (χ0v) is 24.2. The third kappa shape index (κ3) is 4.72. The van der Waals surface area contributed by atoms with Crippen LogP contribution in [-0.4, -0.2) is 91.1 Å². The molecule has 216 valence electrons. The molecule has 0 spiro atoms. The number of likely N-dealkylation sites (N-methyl/N-ethyl adjacent to an activating group) is 1. The van der Waals surface area contributed by atoms with E-state index in [1.807, 2.05) is 52.1 Å². The first-order chi connectivity index (χ1) is 20.5. The molecule has 4 aromatic heterocycles. The third-order valence-corrected chi connectivity index (χ3v) is 8.91. The van der Waals surface area contributed by atoms with Gasteiger partial charge in [-0.2, -0.15) is 0 Å². The van der Waals surface area contributed by atoms with Gasteiger partial charge < -0.3 is 19.3 Å². The van der Waals surface area contributed by atoms with Crippen molar-refractivity contribution in [1.29, 1.82) is 0 Å². The van der Waals surface area contributed by atoms with Crippen LogP contribution in [0.1, 0.15) is 18.9 Å². The number of carbonyl (C=O) groups excluding carboxylic acids is 1. The van der Waals surface area contributed by atoms with E-state index in [1.165, 1.54) is 0 Å². The van der Waals surface area contributed by atoms with Gasteiger partial charge in [0.1, 0.15) is 24.3 Å². The lowest BCUT2D eigenvalue weighted by Gasteiger charge is -2.33. The second-order valence-electron chi connectivity index (χ2n) is 11.1. The number of carbonyl (C=O) groups is 1. The van der Waals surface area contributed by atoms with Gasteiger partial charge in [-0.05, 0) is 38.1 Å². The van der Waals surface area contributed by atoms with Crippen LogP contribution in [0.4, 0.5) is 5.82 Å². The minimum Gasteiger partial charge on any atom is -0.353 e. The Hall–Kier alpha value is -4.22. The van der Waals surface area contributed by atoms with Crippen molar-refractivity contribution in [3.8, 4) is 11.1 Å². The van der Waals surface area contributed by atoms with E-state index in [2.05, 4.69) is 31.8 Å². The number of aromatic nitrogens is 6. The van der Waals surface area contributed by atoms with Gasteiger partial charge >= 0.3 is 5.69 Å². The number of H-pyrrole nitrogens is 1. The number of nitrogens with one attached hydrogen (secondary N) is 1. The van der Waals surface area contributed by atoms with Gasteiger partial charge in [0.25, 0.3) is 0 Å². The molecule has 2 saturated heterocycles. The van der Waals surface area contributed by atoms with Crippen molar-refractivity contribution in [2.24, 2.45) is 0 Å². The van der Waals surface area contributed by atoms with Gasteiger partial charge in [-0.15, -0.1) is 0 Å². The summed E-state index contributed by atoms with van der Waals surface area (Å²) in [5, 5.41) is 1.55. The molecule has 0 atom stereocenters. The molecule has 11 nitrogen and oxygen atoms in total. The number of hydrogen-bond donors (Lipinski definition) is 1. The molecule has 1 aromatic carbocycles. The number of halogens is 1. The van der Waals surface area contributed by atoms with Gasteiger partial charge in [-0.25, -0.2) is 19.7 Å². The van der Waals surface area contributed by atoms with Gasteiger partial charge in [-0.1, -0.05) is 29.8 Å². The monoisotopic (exact) mass is 585 g/mol. The lowest BCUT2D eigenvalue weighted by molar-refractivity contribution is -0.133. The summed E-state index contributed by atoms with van der Waals surface area (Å²) in [5.74, 6) is 0.887. The number of benzene rings is 1. The van der Waals surface area contributed by atoms with Gasteiger partial charge in [0.15, 0.2) is 5.65 Å². The molecule has 5 aromatic rings. The van der Waals surface area contributed by atoms with Crippen molar-refractivity contribution in [1.82, 2.24) is 38.9 Å². The summed E-state index contributed by atoms with van der Waals surface area (Å²) in [6, 6.07) is 11.5. The van der Waals surface area contributed by atoms with Crippen molar-refractivity contribution in [2.45, 2.75) is 25.4 Å². The Labute approximate surface area is 247 Å². The molecule has 42 heavy (non-hydrogen) atoms. The van der Waals surface area contributed by atoms with Crippen LogP contribution in [0.3, 0.4) is 0 Å². The molecule has 1 amide bonds. The maximum Gasteiger partial charge on any atom is 0.327 e. The fourth-order valence-electron chi connectivity index (χ4n) is 6.31. The SMILES string of the molecule is CN1CCN(c2ncnc3c2c(-c2ccccc2Cl)cn3CC(=O)N2CCC(n3c(=O)[nH]c4ncccc43)CC2)CC1. The minimum absolute atomic E-state index is 0.0117. The number of hydrogen-bond acceptors (Lipinski definition) is 7. The Kier molecular flexibility index (Phi) is 6.91. The number of fused-ring (bicyclic) bond motifs is 2. The van der Waals surface area contributed by atoms with Crippen molar-refractivity contribution >= 4 is 45.5 Å². The van der Waals surface area contributed by atoms with Gasteiger partial charge in [0, 0.05) is 73.9 Å². The fourth-order valence-corrected chi connectivity index (χ4v) is 6.55. The average molecular weight is 586 g/mol. The van der Waals surface area contributed by atoms with Gasteiger partial charge in [-0.3, -0.25) is 14.3 Å². The number of amides is 1. The summed E-state index contributed by atoms with van der Waals surface area (Å²) >= 11 is 6.68. The summed E-state index contributed by atoms with van der Waals surface area (Å²) in [5.41, 5.74) is 3.76. The van der Waals surface area contributed by atoms with E-state index in [0.717, 1.165) is 59.7 Å². The lowest BCUT2D eigenvalue weighted by atomic mass is 10.0. The van der Waals surface area contributed by atoms with E-state index in [-0.39, 0.29) is 24.2 Å². The Morgan fingerprint density at radius 3 is 2.55 bits per heavy atom. The van der Waals surface area contributed by atoms with Crippen molar-refractivity contribution in [2.75, 3.05) is 51.2 Å². The molecule has 0 aliphatic carbocycles. The molecule has 12 heteroatoms. The zero-order chi connectivity index (χ0) is 28.8. The highest BCUT2D eigenvalue weighted by molar-refractivity contribution is 6.33. The molecule has 6 heterocycles. The molecule has 7 rings (SSSR count). The fraction of sp³-hybridized carbons (Fsp3) is 0.367. The van der Waals surface area contributed by atoms with Crippen LogP contribution < -0.4 is 10.6 Å². The second-order valence-corrected chi connectivity index (χ2v) is 11.5. The van der Waals surface area contributed by atoms with Crippen LogP contribution in [0.25, 0.3) is 33.3 Å². The van der Waals surface area contributed by atoms with Crippen LogP contribution >= 0.6 is 11.6 Å². The normalized spacial score (nSPS) is 17.0. The summed E-state index contributed by atoms with van der Waals surface area (Å²) in [6.45, 7) is 4.91. The minimum atomic E-state index is -0.157. The van der Waals surface area contributed by atoms with E-state index < -0.39 is 0 Å². The number of nitrogens with zero attached hydrogens (tertiary/aromatic N) is 8. The van der Waals surface area contributed by atoms with Crippen LogP contribution in [0.5, 0.6) is 0 Å². The molecule has 0 saturated carbocycles. The molecule has 2 aliphatic rings. The second kappa shape index (κ2) is 10.9. The smallest absolute Gasteiger partial charge is 0.327 e. The van der Waals surface area contributed by atoms with Gasteiger partial charge in [0.2, 0.25) is 5.91 Å². The van der Waals surface area contributed by atoms with E-state index in [4.69, 9.17) is 16.6 Å². The van der Waals surface area contributed by atoms with Crippen LogP contribution in [0.2, 0.25) is 5.02 Å². The molecule has 2 fully saturated rings. The number of imidazole rings is 1. The molecule has 0 radical (unpaired) electrons. The number of likely N-dealkylation sites (tertiary alicyclic amines) is 1. The predicted octanol–water partition coefficient (Wildman–Crippen LogP) is 3.41. The summed E-state index contributed by atoms with van der Waals surface area (Å²) < 4.78 is 3.72. The van der Waals surface area contributed by atoms with E-state index >= 15 is 0 Å². The van der Waals surface area contributed by atoms with E-state index in [0.29, 0.717) is 36.6 Å². The van der Waals surface area contributed by atoms with E-state index in [9.17, 15) is 9.59 Å². The molecule has 1 N–H and O–H groups in total. The van der Waals surface area contributed by atoms with Crippen molar-refractivity contribution < 1.29 is 4.79 Å². The number of anilines is 1. The number of piperazine rings is 1.